The number of cyclic esters (lactones) is 1. The number of ether oxygens (including phenoxy) is 1. The Morgan fingerprint density at radius 2 is 1.87 bits per heavy atom. The molecule has 1 fully saturated rings. The number of benzene rings is 2. The molecule has 2 unspecified atom stereocenters. The van der Waals surface area contributed by atoms with Crippen LogP contribution in [0.4, 0.5) is 16.0 Å². The molecule has 5 rings (SSSR count). The monoisotopic (exact) mass is 515 g/mol. The van der Waals surface area contributed by atoms with Gasteiger partial charge in [0.15, 0.2) is 0 Å². The van der Waals surface area contributed by atoms with Gasteiger partial charge in [-0.2, -0.15) is 0 Å². The molecule has 8 nitrogen and oxygen atoms in total. The molecule has 0 saturated carbocycles. The van der Waals surface area contributed by atoms with Crippen LogP contribution in [0.1, 0.15) is 44.9 Å². The van der Waals surface area contributed by atoms with E-state index >= 15 is 0 Å². The van der Waals surface area contributed by atoms with Gasteiger partial charge < -0.3 is 19.7 Å². The quantitative estimate of drug-likeness (QED) is 0.300. The second-order valence-electron chi connectivity index (χ2n) is 9.73. The second kappa shape index (κ2) is 11.1. The summed E-state index contributed by atoms with van der Waals surface area (Å²) >= 11 is 0. The molecule has 0 radical (unpaired) electrons. The highest BCUT2D eigenvalue weighted by atomic mass is 19.1. The summed E-state index contributed by atoms with van der Waals surface area (Å²) in [6.07, 6.45) is 1.53. The van der Waals surface area contributed by atoms with Gasteiger partial charge in [0.25, 0.3) is 0 Å². The van der Waals surface area contributed by atoms with Crippen molar-refractivity contribution in [2.24, 2.45) is 0 Å². The maximum absolute atomic E-state index is 13.9. The molecule has 0 bridgehead atoms. The number of aromatic nitrogens is 4. The number of aliphatic hydroxyl groups excluding tert-OH is 1. The van der Waals surface area contributed by atoms with Crippen molar-refractivity contribution in [3.05, 3.63) is 78.5 Å². The smallest absolute Gasteiger partial charge is 0.308 e. The highest BCUT2D eigenvalue weighted by molar-refractivity contribution is 5.78. The van der Waals surface area contributed by atoms with Crippen molar-refractivity contribution in [2.75, 3.05) is 5.32 Å². The lowest BCUT2D eigenvalue weighted by Crippen LogP contribution is -2.33. The van der Waals surface area contributed by atoms with Crippen molar-refractivity contribution in [3.8, 4) is 22.6 Å². The molecule has 2 aromatic heterocycles. The maximum Gasteiger partial charge on any atom is 0.308 e. The normalized spacial score (nSPS) is 17.4. The first-order chi connectivity index (χ1) is 18.4. The van der Waals surface area contributed by atoms with Crippen LogP contribution in [0.3, 0.4) is 0 Å². The lowest BCUT2D eigenvalue weighted by Gasteiger charge is -2.26. The summed E-state index contributed by atoms with van der Waals surface area (Å²) in [5.74, 6) is 0.624. The number of nitrogens with zero attached hydrogens (tertiary/aromatic N) is 4. The third kappa shape index (κ3) is 5.73. The number of aliphatic hydroxyl groups is 1. The number of rotatable bonds is 8. The number of esters is 1. The topological polar surface area (TPSA) is 102 Å². The Labute approximate surface area is 220 Å². The van der Waals surface area contributed by atoms with Crippen molar-refractivity contribution < 1.29 is 19.0 Å². The molecule has 4 aromatic rings. The van der Waals surface area contributed by atoms with Crippen LogP contribution in [0.2, 0.25) is 0 Å². The summed E-state index contributed by atoms with van der Waals surface area (Å²) in [4.78, 5) is 26.0. The fourth-order valence-electron chi connectivity index (χ4n) is 4.73. The minimum Gasteiger partial charge on any atom is -0.462 e. The summed E-state index contributed by atoms with van der Waals surface area (Å²) in [5, 5.41) is 13.3. The number of para-hydroxylation sites is 1. The summed E-state index contributed by atoms with van der Waals surface area (Å²) in [7, 11) is 0. The largest absolute Gasteiger partial charge is 0.462 e. The Bertz CT molecular complexity index is 1410. The molecule has 1 aliphatic heterocycles. The van der Waals surface area contributed by atoms with E-state index in [-0.39, 0.29) is 30.2 Å². The van der Waals surface area contributed by atoms with Crippen LogP contribution < -0.4 is 5.32 Å². The molecule has 1 aliphatic rings. The van der Waals surface area contributed by atoms with Crippen LogP contribution in [0.5, 0.6) is 0 Å². The second-order valence-corrected chi connectivity index (χ2v) is 9.73. The Balaban J connectivity index is 1.56. The van der Waals surface area contributed by atoms with Crippen LogP contribution in [0.25, 0.3) is 22.6 Å². The van der Waals surface area contributed by atoms with Crippen LogP contribution in [0, 0.1) is 5.82 Å². The highest BCUT2D eigenvalue weighted by Gasteiger charge is 2.29. The number of hydrogen-bond acceptors (Lipinski definition) is 7. The molecule has 0 spiro atoms. The van der Waals surface area contributed by atoms with E-state index < -0.39 is 6.10 Å². The van der Waals surface area contributed by atoms with Gasteiger partial charge in [-0.15, -0.1) is 0 Å². The van der Waals surface area contributed by atoms with Gasteiger partial charge in [0, 0.05) is 42.8 Å². The summed E-state index contributed by atoms with van der Waals surface area (Å²) in [6.45, 7) is 4.62. The van der Waals surface area contributed by atoms with Crippen molar-refractivity contribution in [1.29, 1.82) is 0 Å². The van der Waals surface area contributed by atoms with Gasteiger partial charge in [0.1, 0.15) is 23.4 Å². The van der Waals surface area contributed by atoms with Crippen molar-refractivity contribution in [2.45, 2.75) is 57.8 Å². The van der Waals surface area contributed by atoms with E-state index in [9.17, 15) is 14.3 Å². The first-order valence-corrected chi connectivity index (χ1v) is 12.8. The van der Waals surface area contributed by atoms with Crippen LogP contribution in [0.15, 0.2) is 66.9 Å². The SMILES string of the molecule is CC(C)c1nc(-c2ccnc(Nc3ccccc3)n2)c(-c2ccc(F)cc2)n1CCC1CC(O)CC(=O)O1. The number of carbonyl (C=O) groups is 1. The minimum absolute atomic E-state index is 0.0247. The molecular weight excluding hydrogens is 485 g/mol. The lowest BCUT2D eigenvalue weighted by molar-refractivity contribution is -0.160. The first-order valence-electron chi connectivity index (χ1n) is 12.8. The van der Waals surface area contributed by atoms with E-state index in [0.717, 1.165) is 22.8 Å². The van der Waals surface area contributed by atoms with Crippen LogP contribution in [-0.2, 0) is 16.1 Å². The maximum atomic E-state index is 13.9. The van der Waals surface area contributed by atoms with Gasteiger partial charge in [-0.3, -0.25) is 4.79 Å². The summed E-state index contributed by atoms with van der Waals surface area (Å²) in [6, 6.07) is 17.8. The van der Waals surface area contributed by atoms with Gasteiger partial charge in [-0.05, 0) is 42.5 Å². The minimum atomic E-state index is -0.697. The van der Waals surface area contributed by atoms with Crippen LogP contribution >= 0.6 is 0 Å². The number of carbonyl (C=O) groups excluding carboxylic acids is 1. The Morgan fingerprint density at radius 3 is 2.58 bits per heavy atom. The Hall–Kier alpha value is -4.11. The molecule has 38 heavy (non-hydrogen) atoms. The van der Waals surface area contributed by atoms with Gasteiger partial charge in [0.05, 0.1) is 23.9 Å². The Kier molecular flexibility index (Phi) is 7.46. The van der Waals surface area contributed by atoms with Gasteiger partial charge in [0.2, 0.25) is 5.95 Å². The standard InChI is InChI=1S/C29H30FN5O3/c1-18(2)28-34-26(24-12-14-31-29(33-24)32-21-6-4-3-5-7-21)27(19-8-10-20(30)11-9-19)35(28)15-13-23-16-22(36)17-25(37)38-23/h3-12,14,18,22-23,36H,13,15-17H2,1-2H3,(H,31,32,33). The van der Waals surface area contributed by atoms with E-state index in [0.29, 0.717) is 36.7 Å². The van der Waals surface area contributed by atoms with Crippen LogP contribution in [-0.4, -0.2) is 42.8 Å². The zero-order chi connectivity index (χ0) is 26.6. The predicted octanol–water partition coefficient (Wildman–Crippen LogP) is 5.47. The summed E-state index contributed by atoms with van der Waals surface area (Å²) < 4.78 is 21.4. The zero-order valence-corrected chi connectivity index (χ0v) is 21.3. The van der Waals surface area contributed by atoms with E-state index in [1.165, 1.54) is 12.1 Å². The van der Waals surface area contributed by atoms with Crippen molar-refractivity contribution in [1.82, 2.24) is 19.5 Å². The molecule has 1 saturated heterocycles. The number of hydrogen-bond donors (Lipinski definition) is 2. The van der Waals surface area contributed by atoms with Crippen molar-refractivity contribution in [3.63, 3.8) is 0 Å². The third-order valence-electron chi connectivity index (χ3n) is 6.47. The predicted molar refractivity (Wildman–Crippen MR) is 142 cm³/mol. The summed E-state index contributed by atoms with van der Waals surface area (Å²) in [5.41, 5.74) is 3.72. The third-order valence-corrected chi connectivity index (χ3v) is 6.47. The van der Waals surface area contributed by atoms with E-state index in [4.69, 9.17) is 14.7 Å². The zero-order valence-electron chi connectivity index (χ0n) is 21.3. The van der Waals surface area contributed by atoms with Gasteiger partial charge in [-0.25, -0.2) is 19.3 Å². The van der Waals surface area contributed by atoms with E-state index in [1.54, 1.807) is 24.4 Å². The average Bonchev–Trinajstić information content (AvgIpc) is 3.28. The number of anilines is 2. The fourth-order valence-corrected chi connectivity index (χ4v) is 4.73. The first kappa shape index (κ1) is 25.5. The lowest BCUT2D eigenvalue weighted by atomic mass is 10.0. The van der Waals surface area contributed by atoms with Crippen molar-refractivity contribution >= 4 is 17.6 Å². The van der Waals surface area contributed by atoms with E-state index in [2.05, 4.69) is 28.7 Å². The van der Waals surface area contributed by atoms with E-state index in [1.807, 2.05) is 30.3 Å². The highest BCUT2D eigenvalue weighted by Crippen LogP contribution is 2.35. The number of imidazole rings is 1. The molecule has 3 heterocycles. The van der Waals surface area contributed by atoms with Gasteiger partial charge >= 0.3 is 5.97 Å². The molecule has 0 aliphatic carbocycles. The molecule has 2 aromatic carbocycles. The number of halogens is 1. The number of nitrogens with one attached hydrogen (secondary N) is 1. The molecule has 0 amide bonds. The Morgan fingerprint density at radius 1 is 1.11 bits per heavy atom. The molecule has 9 heteroatoms. The molecule has 2 atom stereocenters. The molecule has 196 valence electrons. The average molecular weight is 516 g/mol. The molecular formula is C29H30FN5O3. The molecule has 2 N–H and O–H groups in total. The van der Waals surface area contributed by atoms with Gasteiger partial charge in [-0.1, -0.05) is 32.0 Å². The fraction of sp³-hybridized carbons (Fsp3) is 0.310.